The Balaban J connectivity index is 2.60. The normalized spacial score (nSPS) is 10.0. The van der Waals surface area contributed by atoms with E-state index in [2.05, 4.69) is 0 Å². The Morgan fingerprint density at radius 2 is 1.78 bits per heavy atom. The molecule has 0 unspecified atom stereocenters. The quantitative estimate of drug-likeness (QED) is 0.440. The second-order valence-electron chi connectivity index (χ2n) is 1.77. The Bertz CT molecular complexity index is 44.3. The summed E-state index contributed by atoms with van der Waals surface area (Å²) in [4.78, 5) is 0. The largest absolute Gasteiger partial charge is 0.366 e. The van der Waals surface area contributed by atoms with Crippen LogP contribution in [0, 0.1) is 0 Å². The van der Waals surface area contributed by atoms with Crippen molar-refractivity contribution in [1.82, 2.24) is 0 Å². The zero-order chi connectivity index (χ0) is 6.95. The van der Waals surface area contributed by atoms with Crippen LogP contribution in [0.15, 0.2) is 0 Å². The maximum atomic E-state index is 5.45. The Labute approximate surface area is 66.3 Å². The van der Waals surface area contributed by atoms with E-state index in [0.717, 1.165) is 31.7 Å². The van der Waals surface area contributed by atoms with Gasteiger partial charge in [0, 0.05) is 12.5 Å². The van der Waals surface area contributed by atoms with Crippen molar-refractivity contribution in [2.24, 2.45) is 0 Å². The highest BCUT2D eigenvalue weighted by Gasteiger charge is 1.86. The molecule has 0 amide bonds. The average molecular weight is 171 g/mol. The molecule has 0 N–H and O–H groups in total. The van der Waals surface area contributed by atoms with Gasteiger partial charge in [-0.15, -0.1) is 11.6 Å². The number of hydrogen-bond donors (Lipinski definition) is 0. The predicted octanol–water partition coefficient (Wildman–Crippen LogP) is 2.61. The lowest BCUT2D eigenvalue weighted by Gasteiger charge is -1.97. The molecule has 0 rings (SSSR count). The number of hydrogen-bond acceptors (Lipinski definition) is 1. The minimum Gasteiger partial charge on any atom is -0.366 e. The zero-order valence-electron chi connectivity index (χ0n) is 5.41. The summed E-state index contributed by atoms with van der Waals surface area (Å²) in [6.07, 6.45) is 3.28. The van der Waals surface area contributed by atoms with Gasteiger partial charge in [-0.2, -0.15) is 0 Å². The van der Waals surface area contributed by atoms with E-state index in [0.29, 0.717) is 6.07 Å². The van der Waals surface area contributed by atoms with Gasteiger partial charge in [-0.1, -0.05) is 11.6 Å². The van der Waals surface area contributed by atoms with Gasteiger partial charge in [0.25, 0.3) is 0 Å². The van der Waals surface area contributed by atoms with Crippen molar-refractivity contribution < 1.29 is 4.74 Å². The van der Waals surface area contributed by atoms with Crippen molar-refractivity contribution in [2.45, 2.75) is 19.3 Å². The Kier molecular flexibility index (Phi) is 9.05. The topological polar surface area (TPSA) is 9.23 Å². The SMILES string of the molecule is ClCCCCCOCCl. The molecule has 0 atom stereocenters. The first-order valence-corrected chi connectivity index (χ1v) is 4.18. The maximum absolute atomic E-state index is 5.45. The van der Waals surface area contributed by atoms with E-state index in [1.165, 1.54) is 0 Å². The van der Waals surface area contributed by atoms with Crippen molar-refractivity contribution >= 4 is 23.2 Å². The summed E-state index contributed by atoms with van der Waals surface area (Å²) in [6, 6.07) is 0.306. The van der Waals surface area contributed by atoms with Crippen LogP contribution in [0.5, 0.6) is 0 Å². The van der Waals surface area contributed by atoms with Gasteiger partial charge in [-0.05, 0) is 19.3 Å². The minimum atomic E-state index is 0.306. The second kappa shape index (κ2) is 8.54. The summed E-state index contributed by atoms with van der Waals surface area (Å²) in [7, 11) is 0. The first-order chi connectivity index (χ1) is 4.41. The van der Waals surface area contributed by atoms with Gasteiger partial charge >= 0.3 is 0 Å². The molecule has 0 aromatic rings. The number of rotatable bonds is 6. The van der Waals surface area contributed by atoms with Gasteiger partial charge in [0.2, 0.25) is 0 Å². The van der Waals surface area contributed by atoms with Crippen LogP contribution in [0.4, 0.5) is 0 Å². The van der Waals surface area contributed by atoms with Crippen molar-refractivity contribution in [2.75, 3.05) is 18.6 Å². The molecule has 1 nitrogen and oxygen atoms in total. The maximum Gasteiger partial charge on any atom is 0.120 e. The number of ether oxygens (including phenoxy) is 1. The third kappa shape index (κ3) is 8.54. The minimum absolute atomic E-state index is 0.306. The summed E-state index contributed by atoms with van der Waals surface area (Å²) < 4.78 is 4.90. The van der Waals surface area contributed by atoms with Crippen molar-refractivity contribution in [3.05, 3.63) is 0 Å². The molecule has 9 heavy (non-hydrogen) atoms. The van der Waals surface area contributed by atoms with E-state index < -0.39 is 0 Å². The molecule has 0 spiro atoms. The monoisotopic (exact) mass is 170 g/mol. The molecule has 0 aliphatic heterocycles. The van der Waals surface area contributed by atoms with Gasteiger partial charge in [0.05, 0.1) is 0 Å². The molecule has 3 heteroatoms. The first kappa shape index (κ1) is 9.54. The van der Waals surface area contributed by atoms with E-state index in [9.17, 15) is 0 Å². The van der Waals surface area contributed by atoms with Crippen LogP contribution in [-0.2, 0) is 4.74 Å². The highest BCUT2D eigenvalue weighted by Crippen LogP contribution is 1.97. The van der Waals surface area contributed by atoms with Crippen LogP contribution in [0.25, 0.3) is 0 Å². The first-order valence-electron chi connectivity index (χ1n) is 3.11. The van der Waals surface area contributed by atoms with Crippen LogP contribution in [0.2, 0.25) is 0 Å². The summed E-state index contributed by atoms with van der Waals surface area (Å²) in [5.41, 5.74) is 0. The Morgan fingerprint density at radius 3 is 2.33 bits per heavy atom. The van der Waals surface area contributed by atoms with Gasteiger partial charge in [-0.25, -0.2) is 0 Å². The molecule has 0 radical (unpaired) electrons. The summed E-state index contributed by atoms with van der Waals surface area (Å²) in [5.74, 6) is 0.751. The molecule has 0 heterocycles. The van der Waals surface area contributed by atoms with Crippen molar-refractivity contribution in [1.29, 1.82) is 0 Å². The lowest BCUT2D eigenvalue weighted by molar-refractivity contribution is 0.174. The van der Waals surface area contributed by atoms with Crippen molar-refractivity contribution in [3.63, 3.8) is 0 Å². The number of alkyl halides is 2. The predicted molar refractivity (Wildman–Crippen MR) is 41.2 cm³/mol. The molecule has 0 aromatic heterocycles. The van der Waals surface area contributed by atoms with E-state index in [1.807, 2.05) is 0 Å². The molecule has 0 saturated heterocycles. The van der Waals surface area contributed by atoms with E-state index in [4.69, 9.17) is 27.9 Å². The molecular formula is C6H12Cl2O. The fourth-order valence-electron chi connectivity index (χ4n) is 0.530. The van der Waals surface area contributed by atoms with E-state index >= 15 is 0 Å². The average Bonchev–Trinajstić information content (AvgIpc) is 1.89. The van der Waals surface area contributed by atoms with Crippen LogP contribution >= 0.6 is 23.2 Å². The summed E-state index contributed by atoms with van der Waals surface area (Å²) in [6.45, 7) is 0.764. The summed E-state index contributed by atoms with van der Waals surface area (Å²) >= 11 is 10.7. The summed E-state index contributed by atoms with van der Waals surface area (Å²) in [5, 5.41) is 0. The molecule has 56 valence electrons. The van der Waals surface area contributed by atoms with Gasteiger partial charge in [0.15, 0.2) is 0 Å². The Morgan fingerprint density at radius 1 is 1.00 bits per heavy atom. The Hall–Kier alpha value is 0.540. The molecule has 0 aromatic carbocycles. The highest BCUT2D eigenvalue weighted by molar-refractivity contribution is 6.17. The highest BCUT2D eigenvalue weighted by atomic mass is 35.5. The van der Waals surface area contributed by atoms with Gasteiger partial charge in [-0.3, -0.25) is 0 Å². The van der Waals surface area contributed by atoms with Gasteiger partial charge in [0.1, 0.15) is 6.07 Å². The van der Waals surface area contributed by atoms with Crippen molar-refractivity contribution in [3.8, 4) is 0 Å². The van der Waals surface area contributed by atoms with Crippen LogP contribution in [0.3, 0.4) is 0 Å². The molecule has 0 aliphatic rings. The van der Waals surface area contributed by atoms with E-state index in [1.54, 1.807) is 0 Å². The number of halogens is 2. The van der Waals surface area contributed by atoms with Crippen LogP contribution < -0.4 is 0 Å². The fourth-order valence-corrected chi connectivity index (χ4v) is 0.828. The smallest absolute Gasteiger partial charge is 0.120 e. The zero-order valence-corrected chi connectivity index (χ0v) is 6.92. The third-order valence-corrected chi connectivity index (χ3v) is 1.42. The lowest BCUT2D eigenvalue weighted by atomic mass is 10.3. The van der Waals surface area contributed by atoms with Crippen LogP contribution in [-0.4, -0.2) is 18.6 Å². The number of unbranched alkanes of at least 4 members (excludes halogenated alkanes) is 2. The molecular weight excluding hydrogens is 159 g/mol. The molecule has 0 saturated carbocycles. The lowest BCUT2D eigenvalue weighted by Crippen LogP contribution is -1.91. The third-order valence-electron chi connectivity index (χ3n) is 0.999. The molecule has 0 fully saturated rings. The van der Waals surface area contributed by atoms with Gasteiger partial charge < -0.3 is 4.74 Å². The molecule has 0 aliphatic carbocycles. The second-order valence-corrected chi connectivity index (χ2v) is 2.36. The molecule has 0 bridgehead atoms. The fraction of sp³-hybridized carbons (Fsp3) is 1.00. The van der Waals surface area contributed by atoms with Crippen LogP contribution in [0.1, 0.15) is 19.3 Å². The standard InChI is InChI=1S/C6H12Cl2O/c7-4-2-1-3-5-9-6-8/h1-6H2. The van der Waals surface area contributed by atoms with E-state index in [-0.39, 0.29) is 0 Å².